The number of aromatic nitrogens is 2. The van der Waals surface area contributed by atoms with Gasteiger partial charge < -0.3 is 14.8 Å². The van der Waals surface area contributed by atoms with Crippen LogP contribution >= 0.6 is 0 Å². The molecule has 0 bridgehead atoms. The molecule has 1 aromatic carbocycles. The van der Waals surface area contributed by atoms with Crippen LogP contribution in [0.15, 0.2) is 40.1 Å². The Labute approximate surface area is 149 Å². The van der Waals surface area contributed by atoms with Gasteiger partial charge in [0.15, 0.2) is 0 Å². The van der Waals surface area contributed by atoms with Crippen molar-refractivity contribution < 1.29 is 9.18 Å². The Kier molecular flexibility index (Phi) is 5.32. The molecular weight excluding hydrogens is 339 g/mol. The molecule has 0 aliphatic carbocycles. The second-order valence-electron chi connectivity index (χ2n) is 6.22. The summed E-state index contributed by atoms with van der Waals surface area (Å²) in [5, 5.41) is 0. The van der Waals surface area contributed by atoms with E-state index < -0.39 is 23.0 Å². The maximum atomic E-state index is 13.9. The number of carbonyl (C=O) groups is 1. The van der Waals surface area contributed by atoms with Gasteiger partial charge in [-0.2, -0.15) is 0 Å². The first-order valence-corrected chi connectivity index (χ1v) is 8.58. The Morgan fingerprint density at radius 1 is 1.15 bits per heavy atom. The molecule has 138 valence electrons. The smallest absolute Gasteiger partial charge is 0.328 e. The van der Waals surface area contributed by atoms with Crippen LogP contribution in [0.5, 0.6) is 0 Å². The number of nitrogens with one attached hydrogen (secondary N) is 1. The monoisotopic (exact) mass is 360 g/mol. The van der Waals surface area contributed by atoms with Crippen molar-refractivity contribution >= 4 is 5.91 Å². The molecule has 1 N–H and O–H groups in total. The summed E-state index contributed by atoms with van der Waals surface area (Å²) >= 11 is 0. The quantitative estimate of drug-likeness (QED) is 0.861. The predicted octanol–water partition coefficient (Wildman–Crippen LogP) is 0.502. The van der Waals surface area contributed by atoms with Gasteiger partial charge in [0.1, 0.15) is 11.4 Å². The van der Waals surface area contributed by atoms with Crippen LogP contribution in [0.4, 0.5) is 4.39 Å². The molecule has 1 aromatic heterocycles. The maximum absolute atomic E-state index is 13.9. The molecule has 0 atom stereocenters. The average Bonchev–Trinajstić information content (AvgIpc) is 2.66. The normalized spacial score (nSPS) is 15.2. The van der Waals surface area contributed by atoms with Crippen molar-refractivity contribution in [3.8, 4) is 0 Å². The molecule has 0 spiro atoms. The Morgan fingerprint density at radius 3 is 2.50 bits per heavy atom. The van der Waals surface area contributed by atoms with E-state index in [1.807, 2.05) is 0 Å². The van der Waals surface area contributed by atoms with Gasteiger partial charge in [-0.1, -0.05) is 25.1 Å². The van der Waals surface area contributed by atoms with Gasteiger partial charge in [-0.15, -0.1) is 0 Å². The molecule has 1 fully saturated rings. The number of piperazine rings is 1. The molecule has 0 unspecified atom stereocenters. The summed E-state index contributed by atoms with van der Waals surface area (Å²) in [4.78, 5) is 43.6. The lowest BCUT2D eigenvalue weighted by atomic mass is 10.2. The number of aromatic amines is 1. The van der Waals surface area contributed by atoms with Crippen LogP contribution in [0, 0.1) is 5.82 Å². The number of nitrogens with zero attached hydrogens (tertiary/aromatic N) is 3. The predicted molar refractivity (Wildman–Crippen MR) is 94.8 cm³/mol. The minimum atomic E-state index is -0.708. The minimum absolute atomic E-state index is 0.106. The zero-order chi connectivity index (χ0) is 18.7. The molecule has 1 saturated heterocycles. The molecule has 1 aliphatic rings. The molecule has 3 rings (SSSR count). The van der Waals surface area contributed by atoms with Crippen LogP contribution in [0.3, 0.4) is 0 Å². The number of rotatable bonds is 4. The summed E-state index contributed by atoms with van der Waals surface area (Å²) < 4.78 is 14.7. The van der Waals surface area contributed by atoms with Crippen LogP contribution in [-0.4, -0.2) is 58.0 Å². The Hall–Kier alpha value is -2.74. The van der Waals surface area contributed by atoms with Crippen molar-refractivity contribution in [3.63, 3.8) is 0 Å². The van der Waals surface area contributed by atoms with Gasteiger partial charge in [0.2, 0.25) is 0 Å². The first-order valence-electron chi connectivity index (χ1n) is 8.58. The Morgan fingerprint density at radius 2 is 1.85 bits per heavy atom. The van der Waals surface area contributed by atoms with E-state index in [9.17, 15) is 18.8 Å². The van der Waals surface area contributed by atoms with Crippen molar-refractivity contribution in [3.05, 3.63) is 68.2 Å². The van der Waals surface area contributed by atoms with E-state index in [1.165, 1.54) is 18.2 Å². The Bertz CT molecular complexity index is 913. The largest absolute Gasteiger partial charge is 0.336 e. The molecule has 0 radical (unpaired) electrons. The van der Waals surface area contributed by atoms with Gasteiger partial charge in [0, 0.05) is 37.9 Å². The summed E-state index contributed by atoms with van der Waals surface area (Å²) in [6.07, 6.45) is 1.15. The summed E-state index contributed by atoms with van der Waals surface area (Å²) in [6.45, 7) is 5.28. The summed E-state index contributed by atoms with van der Waals surface area (Å²) in [6, 6.07) is 5.91. The molecule has 2 heterocycles. The third-order valence-corrected chi connectivity index (χ3v) is 4.68. The highest BCUT2D eigenvalue weighted by Gasteiger charge is 2.24. The average molecular weight is 360 g/mol. The molecule has 1 aliphatic heterocycles. The number of halogens is 1. The number of H-pyrrole nitrogens is 1. The summed E-state index contributed by atoms with van der Waals surface area (Å²) in [5.41, 5.74) is -1.28. The van der Waals surface area contributed by atoms with E-state index in [-0.39, 0.29) is 17.7 Å². The highest BCUT2D eigenvalue weighted by atomic mass is 19.1. The molecular formula is C18H21FN4O3. The molecule has 1 amide bonds. The van der Waals surface area contributed by atoms with Crippen LogP contribution in [0.25, 0.3) is 0 Å². The maximum Gasteiger partial charge on any atom is 0.328 e. The molecule has 0 saturated carbocycles. The number of benzene rings is 1. The number of hydrogen-bond acceptors (Lipinski definition) is 4. The fourth-order valence-corrected chi connectivity index (χ4v) is 3.04. The van der Waals surface area contributed by atoms with E-state index in [1.54, 1.807) is 11.0 Å². The van der Waals surface area contributed by atoms with Crippen LogP contribution < -0.4 is 11.2 Å². The zero-order valence-corrected chi connectivity index (χ0v) is 14.6. The van der Waals surface area contributed by atoms with Gasteiger partial charge >= 0.3 is 5.69 Å². The standard InChI is InChI=1S/C18H21FN4O3/c1-2-21-7-9-22(10-8-21)16(24)14-11-20-18(26)23(17(14)25)12-13-5-3-4-6-15(13)19/h3-6,11H,2,7-10,12H2,1H3,(H,20,26). The number of likely N-dealkylation sites (N-methyl/N-ethyl adjacent to an activating group) is 1. The highest BCUT2D eigenvalue weighted by molar-refractivity contribution is 5.93. The fraction of sp³-hybridized carbons (Fsp3) is 0.389. The van der Waals surface area contributed by atoms with E-state index in [0.29, 0.717) is 13.1 Å². The number of hydrogen-bond donors (Lipinski definition) is 1. The zero-order valence-electron chi connectivity index (χ0n) is 14.6. The first kappa shape index (κ1) is 18.1. The lowest BCUT2D eigenvalue weighted by Gasteiger charge is -2.33. The van der Waals surface area contributed by atoms with E-state index in [2.05, 4.69) is 16.8 Å². The van der Waals surface area contributed by atoms with Crippen molar-refractivity contribution in [2.45, 2.75) is 13.5 Å². The highest BCUT2D eigenvalue weighted by Crippen LogP contribution is 2.08. The van der Waals surface area contributed by atoms with E-state index in [0.717, 1.165) is 30.4 Å². The van der Waals surface area contributed by atoms with Gasteiger partial charge in [-0.25, -0.2) is 9.18 Å². The van der Waals surface area contributed by atoms with Gasteiger partial charge in [-0.05, 0) is 12.6 Å². The van der Waals surface area contributed by atoms with Gasteiger partial charge in [0.25, 0.3) is 11.5 Å². The van der Waals surface area contributed by atoms with Crippen molar-refractivity contribution in [2.75, 3.05) is 32.7 Å². The summed E-state index contributed by atoms with van der Waals surface area (Å²) in [7, 11) is 0. The van der Waals surface area contributed by atoms with E-state index >= 15 is 0 Å². The fourth-order valence-electron chi connectivity index (χ4n) is 3.04. The first-order chi connectivity index (χ1) is 12.5. The van der Waals surface area contributed by atoms with Crippen LogP contribution in [0.2, 0.25) is 0 Å². The van der Waals surface area contributed by atoms with Crippen molar-refractivity contribution in [1.29, 1.82) is 0 Å². The van der Waals surface area contributed by atoms with Crippen molar-refractivity contribution in [1.82, 2.24) is 19.4 Å². The topological polar surface area (TPSA) is 78.4 Å². The number of carbonyl (C=O) groups excluding carboxylic acids is 1. The third kappa shape index (κ3) is 3.60. The third-order valence-electron chi connectivity index (χ3n) is 4.68. The van der Waals surface area contributed by atoms with Gasteiger partial charge in [0.05, 0.1) is 6.54 Å². The molecule has 8 heteroatoms. The second kappa shape index (κ2) is 7.65. The SMILES string of the molecule is CCN1CCN(C(=O)c2c[nH]c(=O)n(Cc3ccccc3F)c2=O)CC1. The lowest BCUT2D eigenvalue weighted by Crippen LogP contribution is -2.50. The minimum Gasteiger partial charge on any atom is -0.336 e. The Balaban J connectivity index is 1.88. The molecule has 7 nitrogen and oxygen atoms in total. The van der Waals surface area contributed by atoms with Crippen molar-refractivity contribution in [2.24, 2.45) is 0 Å². The summed E-state index contributed by atoms with van der Waals surface area (Å²) in [5.74, 6) is -0.921. The number of amides is 1. The van der Waals surface area contributed by atoms with Gasteiger partial charge in [-0.3, -0.25) is 14.2 Å². The van der Waals surface area contributed by atoms with Crippen LogP contribution in [-0.2, 0) is 6.54 Å². The molecule has 26 heavy (non-hydrogen) atoms. The molecule has 2 aromatic rings. The van der Waals surface area contributed by atoms with Crippen LogP contribution in [0.1, 0.15) is 22.8 Å². The van der Waals surface area contributed by atoms with E-state index in [4.69, 9.17) is 0 Å². The second-order valence-corrected chi connectivity index (χ2v) is 6.22. The lowest BCUT2D eigenvalue weighted by molar-refractivity contribution is 0.0640.